The number of nitrogens with zero attached hydrogens (tertiary/aromatic N) is 1. The van der Waals surface area contributed by atoms with Crippen molar-refractivity contribution in [3.8, 4) is 17.2 Å². The average molecular weight is 511 g/mol. The molecule has 3 rings (SSSR count). The van der Waals surface area contributed by atoms with Gasteiger partial charge in [-0.3, -0.25) is 4.79 Å². The topological polar surface area (TPSA) is 86.2 Å². The predicted octanol–water partition coefficient (Wildman–Crippen LogP) is 4.82. The van der Waals surface area contributed by atoms with Crippen LogP contribution in [0.3, 0.4) is 0 Å². The quantitative estimate of drug-likeness (QED) is 0.203. The molecule has 8 heteroatoms. The number of hydrogen-bond acceptors (Lipinski definition) is 6. The highest BCUT2D eigenvalue weighted by Gasteiger charge is 2.13. The lowest BCUT2D eigenvalue weighted by atomic mass is 10.1. The zero-order chi connectivity index (χ0) is 23.8. The molecule has 0 bridgehead atoms. The van der Waals surface area contributed by atoms with Gasteiger partial charge < -0.3 is 14.2 Å². The van der Waals surface area contributed by atoms with Gasteiger partial charge >= 0.3 is 5.97 Å². The Bertz CT molecular complexity index is 1160. The fraction of sp³-hybridized carbons (Fsp3) is 0.160. The third kappa shape index (κ3) is 6.66. The van der Waals surface area contributed by atoms with E-state index in [9.17, 15) is 9.59 Å². The summed E-state index contributed by atoms with van der Waals surface area (Å²) in [6.07, 6.45) is 1.45. The van der Waals surface area contributed by atoms with E-state index in [-0.39, 0.29) is 12.4 Å². The molecule has 0 aliphatic heterocycles. The lowest BCUT2D eigenvalue weighted by Gasteiger charge is -2.11. The Hall–Kier alpha value is -3.65. The summed E-state index contributed by atoms with van der Waals surface area (Å²) >= 11 is 3.45. The van der Waals surface area contributed by atoms with Gasteiger partial charge in [0.25, 0.3) is 5.91 Å². The number of carbonyl (C=O) groups is 2. The fourth-order valence-electron chi connectivity index (χ4n) is 3.02. The van der Waals surface area contributed by atoms with E-state index in [1.165, 1.54) is 13.3 Å². The molecule has 3 aromatic carbocycles. The van der Waals surface area contributed by atoms with Gasteiger partial charge in [-0.2, -0.15) is 5.10 Å². The Morgan fingerprint density at radius 1 is 1.03 bits per heavy atom. The number of rotatable bonds is 8. The fourth-order valence-corrected chi connectivity index (χ4v) is 3.80. The molecule has 7 nitrogen and oxygen atoms in total. The number of aryl methyl sites for hydroxylation is 2. The van der Waals surface area contributed by atoms with Crippen LogP contribution in [0.4, 0.5) is 0 Å². The average Bonchev–Trinajstić information content (AvgIpc) is 2.79. The predicted molar refractivity (Wildman–Crippen MR) is 129 cm³/mol. The maximum atomic E-state index is 12.3. The van der Waals surface area contributed by atoms with Crippen molar-refractivity contribution < 1.29 is 23.8 Å². The molecule has 170 valence electrons. The van der Waals surface area contributed by atoms with Crippen molar-refractivity contribution >= 4 is 34.0 Å². The van der Waals surface area contributed by atoms with E-state index >= 15 is 0 Å². The highest BCUT2D eigenvalue weighted by Crippen LogP contribution is 2.30. The summed E-state index contributed by atoms with van der Waals surface area (Å²) in [4.78, 5) is 24.4. The molecule has 0 atom stereocenters. The molecule has 3 aromatic rings. The third-order valence-electron chi connectivity index (χ3n) is 4.52. The first-order valence-corrected chi connectivity index (χ1v) is 10.8. The first-order chi connectivity index (χ1) is 15.9. The van der Waals surface area contributed by atoms with E-state index in [0.29, 0.717) is 22.6 Å². The van der Waals surface area contributed by atoms with Crippen LogP contribution >= 0.6 is 15.9 Å². The maximum absolute atomic E-state index is 12.3. The van der Waals surface area contributed by atoms with Gasteiger partial charge in [0.2, 0.25) is 0 Å². The summed E-state index contributed by atoms with van der Waals surface area (Å²) in [5, 5.41) is 3.95. The van der Waals surface area contributed by atoms with Crippen molar-refractivity contribution in [3.63, 3.8) is 0 Å². The van der Waals surface area contributed by atoms with Crippen LogP contribution in [0, 0.1) is 13.8 Å². The van der Waals surface area contributed by atoms with Crippen LogP contribution in [0.15, 0.2) is 70.2 Å². The second-order valence-electron chi connectivity index (χ2n) is 7.14. The van der Waals surface area contributed by atoms with Crippen LogP contribution in [-0.4, -0.2) is 31.8 Å². The van der Waals surface area contributed by atoms with Gasteiger partial charge in [-0.05, 0) is 82.9 Å². The number of ether oxygens (including phenoxy) is 3. The maximum Gasteiger partial charge on any atom is 0.343 e. The molecule has 0 aliphatic rings. The lowest BCUT2D eigenvalue weighted by molar-refractivity contribution is -0.123. The number of carbonyl (C=O) groups excluding carboxylic acids is 2. The molecule has 0 radical (unpaired) electrons. The Labute approximate surface area is 200 Å². The van der Waals surface area contributed by atoms with Crippen LogP contribution in [0.1, 0.15) is 27.0 Å². The third-order valence-corrected chi connectivity index (χ3v) is 5.11. The summed E-state index contributed by atoms with van der Waals surface area (Å²) in [6.45, 7) is 3.71. The van der Waals surface area contributed by atoms with Crippen LogP contribution in [0.5, 0.6) is 17.2 Å². The Morgan fingerprint density at radius 3 is 2.48 bits per heavy atom. The van der Waals surface area contributed by atoms with Crippen molar-refractivity contribution in [2.45, 2.75) is 13.8 Å². The smallest absolute Gasteiger partial charge is 0.343 e. The summed E-state index contributed by atoms with van der Waals surface area (Å²) in [6, 6.07) is 17.5. The molecule has 0 unspecified atom stereocenters. The zero-order valence-corrected chi connectivity index (χ0v) is 20.0. The molecule has 0 heterocycles. The summed E-state index contributed by atoms with van der Waals surface area (Å²) in [7, 11) is 1.47. The first kappa shape index (κ1) is 24.0. The normalized spacial score (nSPS) is 10.7. The van der Waals surface area contributed by atoms with E-state index in [1.54, 1.807) is 42.5 Å². The summed E-state index contributed by atoms with van der Waals surface area (Å²) in [5.74, 6) is 0.360. The molecular weight excluding hydrogens is 488 g/mol. The SMILES string of the molecule is COc1cc(/C=N/NC(=O)COc2c(C)cc(C)cc2Br)ccc1OC(=O)c1ccccc1. The number of methoxy groups -OCH3 is 1. The van der Waals surface area contributed by atoms with Crippen LogP contribution in [0.25, 0.3) is 0 Å². The number of halogens is 1. The monoisotopic (exact) mass is 510 g/mol. The number of nitrogens with one attached hydrogen (secondary N) is 1. The van der Waals surface area contributed by atoms with E-state index < -0.39 is 11.9 Å². The molecular formula is C25H23BrN2O5. The molecule has 0 saturated heterocycles. The Balaban J connectivity index is 1.57. The standard InChI is InChI=1S/C25H23BrN2O5/c1-16-11-17(2)24(20(26)12-16)32-15-23(29)28-27-14-18-9-10-21(22(13-18)31-3)33-25(30)19-7-5-4-6-8-19/h4-14H,15H2,1-3H3,(H,28,29)/b27-14+. The number of esters is 1. The van der Waals surface area contributed by atoms with Crippen molar-refractivity contribution in [1.29, 1.82) is 0 Å². The highest BCUT2D eigenvalue weighted by atomic mass is 79.9. The second kappa shape index (κ2) is 11.3. The van der Waals surface area contributed by atoms with E-state index in [2.05, 4.69) is 26.5 Å². The lowest BCUT2D eigenvalue weighted by Crippen LogP contribution is -2.24. The van der Waals surface area contributed by atoms with Gasteiger partial charge in [-0.15, -0.1) is 0 Å². The van der Waals surface area contributed by atoms with E-state index in [0.717, 1.165) is 15.6 Å². The number of hydrazone groups is 1. The number of hydrogen-bond donors (Lipinski definition) is 1. The Kier molecular flexibility index (Phi) is 8.21. The van der Waals surface area contributed by atoms with Gasteiger partial charge in [0.1, 0.15) is 5.75 Å². The molecule has 0 saturated carbocycles. The minimum atomic E-state index is -0.488. The summed E-state index contributed by atoms with van der Waals surface area (Å²) in [5.41, 5.74) is 5.52. The van der Waals surface area contributed by atoms with Crippen LogP contribution in [-0.2, 0) is 4.79 Å². The second-order valence-corrected chi connectivity index (χ2v) is 7.99. The van der Waals surface area contributed by atoms with Crippen LogP contribution in [0.2, 0.25) is 0 Å². The van der Waals surface area contributed by atoms with Crippen molar-refractivity contribution in [2.75, 3.05) is 13.7 Å². The van der Waals surface area contributed by atoms with Crippen molar-refractivity contribution in [3.05, 3.63) is 87.4 Å². The molecule has 0 spiro atoms. The van der Waals surface area contributed by atoms with E-state index in [1.807, 2.05) is 32.0 Å². The minimum Gasteiger partial charge on any atom is -0.493 e. The largest absolute Gasteiger partial charge is 0.493 e. The van der Waals surface area contributed by atoms with Crippen LogP contribution < -0.4 is 19.6 Å². The van der Waals surface area contributed by atoms with E-state index in [4.69, 9.17) is 14.2 Å². The molecule has 1 amide bonds. The van der Waals surface area contributed by atoms with Gasteiger partial charge in [-0.25, -0.2) is 10.2 Å². The number of amides is 1. The summed E-state index contributed by atoms with van der Waals surface area (Å²) < 4.78 is 17.1. The highest BCUT2D eigenvalue weighted by molar-refractivity contribution is 9.10. The van der Waals surface area contributed by atoms with Gasteiger partial charge in [0.05, 0.1) is 23.4 Å². The molecule has 0 aliphatic carbocycles. The minimum absolute atomic E-state index is 0.183. The zero-order valence-electron chi connectivity index (χ0n) is 18.4. The van der Waals surface area contributed by atoms with Gasteiger partial charge in [-0.1, -0.05) is 24.3 Å². The number of benzene rings is 3. The molecule has 0 fully saturated rings. The van der Waals surface area contributed by atoms with Crippen molar-refractivity contribution in [1.82, 2.24) is 5.43 Å². The first-order valence-electron chi connectivity index (χ1n) is 10.0. The van der Waals surface area contributed by atoms with Gasteiger partial charge in [0.15, 0.2) is 18.1 Å². The van der Waals surface area contributed by atoms with Gasteiger partial charge in [0, 0.05) is 0 Å². The molecule has 1 N–H and O–H groups in total. The van der Waals surface area contributed by atoms with Crippen molar-refractivity contribution in [2.24, 2.45) is 5.10 Å². The molecule has 0 aromatic heterocycles. The Morgan fingerprint density at radius 2 is 1.79 bits per heavy atom. The molecule has 33 heavy (non-hydrogen) atoms.